The van der Waals surface area contributed by atoms with Crippen LogP contribution >= 0.6 is 0 Å². The van der Waals surface area contributed by atoms with Crippen LogP contribution in [-0.4, -0.2) is 65.0 Å². The van der Waals surface area contributed by atoms with Gasteiger partial charge in [-0.1, -0.05) is 0 Å². The molecule has 0 heterocycles. The number of carbonyl (C=O) groups is 5. The molecule has 0 aliphatic carbocycles. The van der Waals surface area contributed by atoms with Gasteiger partial charge in [-0.05, 0) is 6.92 Å². The van der Waals surface area contributed by atoms with Gasteiger partial charge in [0.1, 0.15) is 12.6 Å². The van der Waals surface area contributed by atoms with Crippen molar-refractivity contribution >= 4 is 29.7 Å². The third-order valence-electron chi connectivity index (χ3n) is 2.28. The summed E-state index contributed by atoms with van der Waals surface area (Å²) in [4.78, 5) is 55.3. The van der Waals surface area contributed by atoms with Gasteiger partial charge in [0.25, 0.3) is 0 Å². The Bertz CT molecular complexity index is 463. The van der Waals surface area contributed by atoms with Crippen molar-refractivity contribution in [2.45, 2.75) is 25.4 Å². The second kappa shape index (κ2) is 9.28. The first-order chi connectivity index (χ1) is 10.1. The van der Waals surface area contributed by atoms with E-state index in [0.29, 0.717) is 0 Å². The van der Waals surface area contributed by atoms with E-state index in [-0.39, 0.29) is 0 Å². The summed E-state index contributed by atoms with van der Waals surface area (Å²) in [5.41, 5.74) is 5.26. The first-order valence-corrected chi connectivity index (χ1v) is 6.17. The Labute approximate surface area is 125 Å². The van der Waals surface area contributed by atoms with Crippen LogP contribution < -0.4 is 21.7 Å². The second-order valence-corrected chi connectivity index (χ2v) is 4.34. The fraction of sp³-hybridized carbons (Fsp3) is 0.545. The van der Waals surface area contributed by atoms with Gasteiger partial charge in [0.15, 0.2) is 0 Å². The van der Waals surface area contributed by atoms with Gasteiger partial charge >= 0.3 is 11.9 Å². The van der Waals surface area contributed by atoms with Crippen LogP contribution in [0.3, 0.4) is 0 Å². The van der Waals surface area contributed by atoms with E-state index in [0.717, 1.165) is 0 Å². The zero-order valence-electron chi connectivity index (χ0n) is 11.8. The van der Waals surface area contributed by atoms with Gasteiger partial charge < -0.3 is 31.9 Å². The van der Waals surface area contributed by atoms with Gasteiger partial charge in [-0.25, -0.2) is 0 Å². The SMILES string of the molecule is CC(N)C(=O)NCC(=O)NC(CC(=O)O)C(=O)NCC(=O)O. The molecular formula is C11H18N4O7. The van der Waals surface area contributed by atoms with E-state index >= 15 is 0 Å². The number of aliphatic carboxylic acids is 2. The maximum Gasteiger partial charge on any atom is 0.322 e. The summed E-state index contributed by atoms with van der Waals surface area (Å²) in [6, 6.07) is -2.29. The number of hydrogen-bond acceptors (Lipinski definition) is 6. The van der Waals surface area contributed by atoms with E-state index in [4.69, 9.17) is 15.9 Å². The Balaban J connectivity index is 4.54. The topological polar surface area (TPSA) is 188 Å². The van der Waals surface area contributed by atoms with Gasteiger partial charge in [-0.3, -0.25) is 24.0 Å². The summed E-state index contributed by atoms with van der Waals surface area (Å²) in [5.74, 6) is -5.06. The average molecular weight is 318 g/mol. The molecule has 124 valence electrons. The number of nitrogens with two attached hydrogens (primary N) is 1. The van der Waals surface area contributed by atoms with Gasteiger partial charge in [-0.2, -0.15) is 0 Å². The standard InChI is InChI=1S/C11H18N4O7/c1-5(12)10(21)13-3-7(16)15-6(2-8(17)18)11(22)14-4-9(19)20/h5-6H,2-4,12H2,1H3,(H,13,21)(H,14,22)(H,15,16)(H,17,18)(H,19,20). The average Bonchev–Trinajstić information content (AvgIpc) is 2.40. The van der Waals surface area contributed by atoms with E-state index in [1.54, 1.807) is 0 Å². The van der Waals surface area contributed by atoms with Crippen LogP contribution in [0.4, 0.5) is 0 Å². The number of carboxylic acid groups (broad SMARTS) is 2. The molecule has 2 unspecified atom stereocenters. The molecule has 0 aromatic carbocycles. The van der Waals surface area contributed by atoms with Gasteiger partial charge in [-0.15, -0.1) is 0 Å². The first-order valence-electron chi connectivity index (χ1n) is 6.17. The summed E-state index contributed by atoms with van der Waals surface area (Å²) in [5, 5.41) is 23.3. The summed E-state index contributed by atoms with van der Waals surface area (Å²) >= 11 is 0. The Morgan fingerprint density at radius 1 is 0.955 bits per heavy atom. The quantitative estimate of drug-likeness (QED) is 0.254. The minimum absolute atomic E-state index is 0.497. The molecule has 7 N–H and O–H groups in total. The largest absolute Gasteiger partial charge is 0.481 e. The van der Waals surface area contributed by atoms with Crippen LogP contribution in [0.15, 0.2) is 0 Å². The van der Waals surface area contributed by atoms with Crippen molar-refractivity contribution in [1.29, 1.82) is 0 Å². The third kappa shape index (κ3) is 8.47. The van der Waals surface area contributed by atoms with Crippen molar-refractivity contribution in [3.05, 3.63) is 0 Å². The number of amides is 3. The summed E-state index contributed by atoms with van der Waals surface area (Å²) in [7, 11) is 0. The Morgan fingerprint density at radius 2 is 1.50 bits per heavy atom. The minimum Gasteiger partial charge on any atom is -0.481 e. The van der Waals surface area contributed by atoms with E-state index in [1.165, 1.54) is 6.92 Å². The number of rotatable bonds is 9. The number of hydrogen-bond donors (Lipinski definition) is 6. The molecule has 0 aromatic heterocycles. The highest BCUT2D eigenvalue weighted by atomic mass is 16.4. The normalized spacial score (nSPS) is 12.6. The highest BCUT2D eigenvalue weighted by Crippen LogP contribution is 1.93. The van der Waals surface area contributed by atoms with E-state index in [1.807, 2.05) is 5.32 Å². The van der Waals surface area contributed by atoms with Crippen molar-refractivity contribution in [2.24, 2.45) is 5.73 Å². The molecular weight excluding hydrogens is 300 g/mol. The molecule has 0 spiro atoms. The third-order valence-corrected chi connectivity index (χ3v) is 2.28. The monoisotopic (exact) mass is 318 g/mol. The van der Waals surface area contributed by atoms with Crippen LogP contribution in [0.1, 0.15) is 13.3 Å². The van der Waals surface area contributed by atoms with E-state index < -0.39 is 61.3 Å². The fourth-order valence-electron chi connectivity index (χ4n) is 1.24. The lowest BCUT2D eigenvalue weighted by atomic mass is 10.2. The van der Waals surface area contributed by atoms with Gasteiger partial charge in [0, 0.05) is 0 Å². The molecule has 22 heavy (non-hydrogen) atoms. The van der Waals surface area contributed by atoms with Crippen LogP contribution in [-0.2, 0) is 24.0 Å². The van der Waals surface area contributed by atoms with Crippen LogP contribution in [0, 0.1) is 0 Å². The summed E-state index contributed by atoms with van der Waals surface area (Å²) in [6.07, 6.45) is -0.738. The predicted molar refractivity (Wildman–Crippen MR) is 71.5 cm³/mol. The highest BCUT2D eigenvalue weighted by molar-refractivity contribution is 5.93. The van der Waals surface area contributed by atoms with Gasteiger partial charge in [0.05, 0.1) is 19.0 Å². The molecule has 2 atom stereocenters. The lowest BCUT2D eigenvalue weighted by Gasteiger charge is -2.16. The van der Waals surface area contributed by atoms with Crippen molar-refractivity contribution in [1.82, 2.24) is 16.0 Å². The zero-order valence-corrected chi connectivity index (χ0v) is 11.8. The van der Waals surface area contributed by atoms with E-state index in [9.17, 15) is 24.0 Å². The molecule has 0 saturated carbocycles. The molecule has 0 radical (unpaired) electrons. The van der Waals surface area contributed by atoms with Crippen LogP contribution in [0.2, 0.25) is 0 Å². The molecule has 0 saturated heterocycles. The van der Waals surface area contributed by atoms with Gasteiger partial charge in [0.2, 0.25) is 17.7 Å². The minimum atomic E-state index is -1.46. The zero-order chi connectivity index (χ0) is 17.3. The first kappa shape index (κ1) is 19.3. The molecule has 3 amide bonds. The maximum absolute atomic E-state index is 11.6. The smallest absolute Gasteiger partial charge is 0.322 e. The Morgan fingerprint density at radius 3 is 1.95 bits per heavy atom. The highest BCUT2D eigenvalue weighted by Gasteiger charge is 2.24. The summed E-state index contributed by atoms with van der Waals surface area (Å²) in [6.45, 7) is 0.189. The second-order valence-electron chi connectivity index (χ2n) is 4.34. The summed E-state index contributed by atoms with van der Waals surface area (Å²) < 4.78 is 0. The Hall–Kier alpha value is -2.69. The lowest BCUT2D eigenvalue weighted by molar-refractivity contribution is -0.141. The van der Waals surface area contributed by atoms with Crippen LogP contribution in [0.5, 0.6) is 0 Å². The number of nitrogens with one attached hydrogen (secondary N) is 3. The molecule has 0 aliphatic heterocycles. The number of carboxylic acids is 2. The van der Waals surface area contributed by atoms with Crippen molar-refractivity contribution in [3.8, 4) is 0 Å². The van der Waals surface area contributed by atoms with Crippen LogP contribution in [0.25, 0.3) is 0 Å². The molecule has 11 heteroatoms. The lowest BCUT2D eigenvalue weighted by Crippen LogP contribution is -2.52. The number of carbonyl (C=O) groups excluding carboxylic acids is 3. The maximum atomic E-state index is 11.6. The van der Waals surface area contributed by atoms with E-state index in [2.05, 4.69) is 10.6 Å². The van der Waals surface area contributed by atoms with Crippen molar-refractivity contribution < 1.29 is 34.2 Å². The molecule has 0 bridgehead atoms. The molecule has 0 aromatic rings. The Kier molecular flexibility index (Phi) is 8.15. The van der Waals surface area contributed by atoms with Crippen molar-refractivity contribution in [2.75, 3.05) is 13.1 Å². The predicted octanol–water partition coefficient (Wildman–Crippen LogP) is -3.39. The molecule has 0 rings (SSSR count). The molecule has 11 nitrogen and oxygen atoms in total. The molecule has 0 aliphatic rings. The molecule has 0 fully saturated rings. The van der Waals surface area contributed by atoms with Crippen molar-refractivity contribution in [3.63, 3.8) is 0 Å². The fourth-order valence-corrected chi connectivity index (χ4v) is 1.24.